The number of aromatic nitrogens is 1. The number of hydrogen-bond acceptors (Lipinski definition) is 6. The summed E-state index contributed by atoms with van der Waals surface area (Å²) in [5.41, 5.74) is 6.25. The maximum atomic E-state index is 11.7. The number of thiazole rings is 1. The molecule has 0 atom stereocenters. The van der Waals surface area contributed by atoms with Crippen LogP contribution in [0.4, 0.5) is 0 Å². The van der Waals surface area contributed by atoms with Crippen LogP contribution >= 0.6 is 23.1 Å². The van der Waals surface area contributed by atoms with Gasteiger partial charge >= 0.3 is 0 Å². The zero-order valence-corrected chi connectivity index (χ0v) is 10.9. The lowest BCUT2D eigenvalue weighted by Crippen LogP contribution is -2.28. The highest BCUT2D eigenvalue weighted by Gasteiger charge is 2.12. The van der Waals surface area contributed by atoms with Crippen LogP contribution in [-0.2, 0) is 17.6 Å². The molecule has 0 radical (unpaired) electrons. The Labute approximate surface area is 108 Å². The van der Waals surface area contributed by atoms with Crippen LogP contribution < -0.4 is 11.1 Å². The molecule has 2 rings (SSSR count). The molecule has 0 unspecified atom stereocenters. The largest absolute Gasteiger partial charge is 0.330 e. The van der Waals surface area contributed by atoms with E-state index in [2.05, 4.69) is 15.3 Å². The predicted octanol–water partition coefficient (Wildman–Crippen LogP) is 0.406. The summed E-state index contributed by atoms with van der Waals surface area (Å²) in [6, 6.07) is 0. The summed E-state index contributed by atoms with van der Waals surface area (Å²) in [5, 5.41) is 6.41. The van der Waals surface area contributed by atoms with Gasteiger partial charge in [-0.15, -0.1) is 11.3 Å². The van der Waals surface area contributed by atoms with Crippen LogP contribution in [0.5, 0.6) is 0 Å². The average molecular weight is 270 g/mol. The van der Waals surface area contributed by atoms with Crippen LogP contribution in [0.15, 0.2) is 10.4 Å². The van der Waals surface area contributed by atoms with Gasteiger partial charge in [-0.3, -0.25) is 9.79 Å². The number of nitrogens with zero attached hydrogens (tertiary/aromatic N) is 2. The molecule has 1 aromatic heterocycles. The van der Waals surface area contributed by atoms with Crippen molar-refractivity contribution in [2.45, 2.75) is 12.8 Å². The molecule has 0 aliphatic carbocycles. The Kier molecular flexibility index (Phi) is 4.52. The first-order valence-electron chi connectivity index (χ1n) is 5.38. The lowest BCUT2D eigenvalue weighted by Gasteiger charge is -2.01. The number of hydrogen-bond donors (Lipinski definition) is 2. The van der Waals surface area contributed by atoms with E-state index in [0.29, 0.717) is 13.0 Å². The Bertz CT molecular complexity index is 430. The van der Waals surface area contributed by atoms with Crippen LogP contribution in [0.1, 0.15) is 10.7 Å². The molecule has 1 amide bonds. The minimum atomic E-state index is -0.0530. The Hall–Kier alpha value is -0.920. The van der Waals surface area contributed by atoms with Crippen LogP contribution in [0, 0.1) is 0 Å². The number of amidine groups is 1. The van der Waals surface area contributed by atoms with E-state index in [9.17, 15) is 4.79 Å². The van der Waals surface area contributed by atoms with Crippen molar-refractivity contribution >= 4 is 34.2 Å². The molecule has 2 heterocycles. The summed E-state index contributed by atoms with van der Waals surface area (Å²) in [7, 11) is 0. The van der Waals surface area contributed by atoms with E-state index in [0.717, 1.165) is 34.6 Å². The van der Waals surface area contributed by atoms with Crippen LogP contribution in [-0.4, -0.2) is 34.9 Å². The van der Waals surface area contributed by atoms with E-state index >= 15 is 0 Å². The van der Waals surface area contributed by atoms with Crippen molar-refractivity contribution in [3.8, 4) is 0 Å². The molecule has 0 saturated heterocycles. The second-order valence-electron chi connectivity index (χ2n) is 3.53. The van der Waals surface area contributed by atoms with E-state index in [1.54, 1.807) is 23.1 Å². The molecule has 0 aromatic carbocycles. The Morgan fingerprint density at radius 2 is 2.47 bits per heavy atom. The maximum absolute atomic E-state index is 11.7. The molecule has 0 fully saturated rings. The van der Waals surface area contributed by atoms with Gasteiger partial charge in [0.2, 0.25) is 5.91 Å². The van der Waals surface area contributed by atoms with E-state index in [1.165, 1.54) is 0 Å². The minimum absolute atomic E-state index is 0.0530. The topological polar surface area (TPSA) is 80.4 Å². The molecule has 3 N–H and O–H groups in total. The van der Waals surface area contributed by atoms with E-state index in [1.807, 2.05) is 5.38 Å². The zero-order valence-electron chi connectivity index (χ0n) is 9.31. The zero-order chi connectivity index (χ0) is 12.1. The van der Waals surface area contributed by atoms with Crippen molar-refractivity contribution < 1.29 is 4.79 Å². The third kappa shape index (κ3) is 3.79. The molecule has 0 saturated carbocycles. The molecule has 5 nitrogen and oxygen atoms in total. The van der Waals surface area contributed by atoms with Gasteiger partial charge in [0, 0.05) is 17.6 Å². The fourth-order valence-electron chi connectivity index (χ4n) is 1.41. The normalized spacial score (nSPS) is 14.8. The first-order valence-corrected chi connectivity index (χ1v) is 7.25. The number of nitrogens with two attached hydrogens (primary N) is 1. The van der Waals surface area contributed by atoms with Crippen molar-refractivity contribution in [2.24, 2.45) is 10.7 Å². The lowest BCUT2D eigenvalue weighted by molar-refractivity contribution is -0.119. The molecular weight excluding hydrogens is 256 g/mol. The first-order chi connectivity index (χ1) is 8.28. The van der Waals surface area contributed by atoms with Crippen LogP contribution in [0.3, 0.4) is 0 Å². The van der Waals surface area contributed by atoms with Gasteiger partial charge in [0.15, 0.2) is 5.17 Å². The number of carbonyl (C=O) groups excluding carboxylic acids is 1. The van der Waals surface area contributed by atoms with Gasteiger partial charge in [-0.05, 0) is 6.54 Å². The molecule has 17 heavy (non-hydrogen) atoms. The smallest absolute Gasteiger partial charge is 0.231 e. The number of thioether (sulfide) groups is 1. The Morgan fingerprint density at radius 1 is 1.59 bits per heavy atom. The number of nitrogens with one attached hydrogen (secondary N) is 1. The number of aliphatic imine (C=N–C) groups is 1. The van der Waals surface area contributed by atoms with Crippen molar-refractivity contribution in [1.82, 2.24) is 10.3 Å². The van der Waals surface area contributed by atoms with Crippen molar-refractivity contribution in [3.63, 3.8) is 0 Å². The maximum Gasteiger partial charge on any atom is 0.231 e. The highest BCUT2D eigenvalue weighted by molar-refractivity contribution is 8.14. The molecule has 1 aromatic rings. The summed E-state index contributed by atoms with van der Waals surface area (Å²) >= 11 is 3.13. The standard InChI is InChI=1S/C10H14N4OS2/c11-2-1-9-13-7(6-17-9)5-8(15)14-10-12-3-4-16-10/h6H,1-5,11H2,(H,12,14,15). The molecule has 0 bridgehead atoms. The van der Waals surface area contributed by atoms with Gasteiger partial charge in [-0.2, -0.15) is 0 Å². The Balaban J connectivity index is 1.84. The highest BCUT2D eigenvalue weighted by Crippen LogP contribution is 2.12. The van der Waals surface area contributed by atoms with Crippen molar-refractivity contribution in [1.29, 1.82) is 0 Å². The third-order valence-electron chi connectivity index (χ3n) is 2.13. The summed E-state index contributed by atoms with van der Waals surface area (Å²) in [6.07, 6.45) is 1.08. The third-order valence-corrected chi connectivity index (χ3v) is 3.98. The summed E-state index contributed by atoms with van der Waals surface area (Å²) in [5.74, 6) is 0.898. The quantitative estimate of drug-likeness (QED) is 0.830. The lowest BCUT2D eigenvalue weighted by atomic mass is 10.3. The highest BCUT2D eigenvalue weighted by atomic mass is 32.2. The number of rotatable bonds is 4. The van der Waals surface area contributed by atoms with Gasteiger partial charge in [0.25, 0.3) is 0 Å². The van der Waals surface area contributed by atoms with E-state index in [4.69, 9.17) is 5.73 Å². The van der Waals surface area contributed by atoms with Gasteiger partial charge in [-0.1, -0.05) is 11.8 Å². The summed E-state index contributed by atoms with van der Waals surface area (Å²) < 4.78 is 0. The molecule has 0 spiro atoms. The molecule has 92 valence electrons. The van der Waals surface area contributed by atoms with E-state index < -0.39 is 0 Å². The fourth-order valence-corrected chi connectivity index (χ4v) is 2.97. The summed E-state index contributed by atoms with van der Waals surface area (Å²) in [4.78, 5) is 20.2. The predicted molar refractivity (Wildman–Crippen MR) is 71.5 cm³/mol. The second kappa shape index (κ2) is 6.13. The SMILES string of the molecule is NCCc1nc(CC(=O)NC2=NCCS2)cs1. The Morgan fingerprint density at radius 3 is 3.18 bits per heavy atom. The van der Waals surface area contributed by atoms with Crippen LogP contribution in [0.2, 0.25) is 0 Å². The number of carbonyl (C=O) groups is 1. The second-order valence-corrected chi connectivity index (χ2v) is 5.56. The molecule has 7 heteroatoms. The van der Waals surface area contributed by atoms with Gasteiger partial charge in [0.1, 0.15) is 0 Å². The molecule has 1 aliphatic heterocycles. The molecule has 1 aliphatic rings. The van der Waals surface area contributed by atoms with Gasteiger partial charge < -0.3 is 11.1 Å². The van der Waals surface area contributed by atoms with Crippen molar-refractivity contribution in [2.75, 3.05) is 18.8 Å². The van der Waals surface area contributed by atoms with Crippen LogP contribution in [0.25, 0.3) is 0 Å². The van der Waals surface area contributed by atoms with Crippen molar-refractivity contribution in [3.05, 3.63) is 16.1 Å². The number of amides is 1. The minimum Gasteiger partial charge on any atom is -0.330 e. The van der Waals surface area contributed by atoms with E-state index in [-0.39, 0.29) is 5.91 Å². The van der Waals surface area contributed by atoms with Gasteiger partial charge in [0.05, 0.1) is 23.7 Å². The fraction of sp³-hybridized carbons (Fsp3) is 0.500. The first kappa shape index (κ1) is 12.5. The average Bonchev–Trinajstić information content (AvgIpc) is 2.91. The summed E-state index contributed by atoms with van der Waals surface area (Å²) in [6.45, 7) is 1.38. The van der Waals surface area contributed by atoms with Gasteiger partial charge in [-0.25, -0.2) is 4.98 Å². The molecular formula is C10H14N4OS2. The monoisotopic (exact) mass is 270 g/mol.